The summed E-state index contributed by atoms with van der Waals surface area (Å²) in [6.07, 6.45) is 0. The van der Waals surface area contributed by atoms with E-state index in [0.717, 1.165) is 16.3 Å². The van der Waals surface area contributed by atoms with Crippen molar-refractivity contribution >= 4 is 34.6 Å². The maximum Gasteiger partial charge on any atom is 0.171 e. The average Bonchev–Trinajstić information content (AvgIpc) is 2.59. The van der Waals surface area contributed by atoms with Gasteiger partial charge >= 0.3 is 0 Å². The van der Waals surface area contributed by atoms with Crippen LogP contribution in [-0.2, 0) is 0 Å². The van der Waals surface area contributed by atoms with E-state index in [-0.39, 0.29) is 11.9 Å². The van der Waals surface area contributed by atoms with Gasteiger partial charge in [-0.15, -0.1) is 0 Å². The van der Waals surface area contributed by atoms with Crippen molar-refractivity contribution in [1.29, 1.82) is 0 Å². The molecule has 0 aromatic heterocycles. The highest BCUT2D eigenvalue weighted by Crippen LogP contribution is 2.24. The monoisotopic (exact) mass is 396 g/mol. The van der Waals surface area contributed by atoms with Crippen LogP contribution in [0.1, 0.15) is 18.5 Å². The molecule has 3 N–H and O–H groups in total. The number of likely N-dealkylation sites (N-methyl/N-ethyl adjacent to an activating group) is 1. The van der Waals surface area contributed by atoms with E-state index in [0.29, 0.717) is 28.9 Å². The van der Waals surface area contributed by atoms with Crippen LogP contribution in [0.5, 0.6) is 5.75 Å². The molecule has 0 spiro atoms. The van der Waals surface area contributed by atoms with Crippen molar-refractivity contribution in [2.45, 2.75) is 13.0 Å². The van der Waals surface area contributed by atoms with Crippen molar-refractivity contribution < 1.29 is 14.0 Å². The lowest BCUT2D eigenvalue weighted by molar-refractivity contribution is -0.890. The van der Waals surface area contributed by atoms with Gasteiger partial charge < -0.3 is 20.3 Å². The molecule has 140 valence electrons. The summed E-state index contributed by atoms with van der Waals surface area (Å²) < 4.78 is 19.7. The highest BCUT2D eigenvalue weighted by atomic mass is 35.5. The number of anilines is 1. The number of rotatable bonds is 7. The lowest BCUT2D eigenvalue weighted by atomic mass is 10.1. The Kier molecular flexibility index (Phi) is 7.63. The van der Waals surface area contributed by atoms with Crippen LogP contribution in [0.3, 0.4) is 0 Å². The molecule has 0 aliphatic carbocycles. The summed E-state index contributed by atoms with van der Waals surface area (Å²) in [7, 11) is 3.91. The lowest BCUT2D eigenvalue weighted by Gasteiger charge is -2.24. The highest BCUT2D eigenvalue weighted by Gasteiger charge is 2.24. The van der Waals surface area contributed by atoms with Gasteiger partial charge in [0.1, 0.15) is 17.6 Å². The van der Waals surface area contributed by atoms with E-state index in [4.69, 9.17) is 28.6 Å². The second-order valence-electron chi connectivity index (χ2n) is 6.06. The number of ether oxygens (including phenoxy) is 1. The molecule has 0 aliphatic heterocycles. The Labute approximate surface area is 164 Å². The highest BCUT2D eigenvalue weighted by molar-refractivity contribution is 7.80. The SMILES string of the molecule is CCOc1ccc(NC(=S)NC[C@@H](c2c(F)cccc2Cl)[NH+](C)C)cc1. The number of nitrogens with one attached hydrogen (secondary N) is 3. The molecule has 0 heterocycles. The minimum Gasteiger partial charge on any atom is -0.494 e. The van der Waals surface area contributed by atoms with E-state index in [2.05, 4.69) is 10.6 Å². The number of hydrogen-bond acceptors (Lipinski definition) is 2. The first-order chi connectivity index (χ1) is 12.4. The van der Waals surface area contributed by atoms with Crippen LogP contribution in [-0.4, -0.2) is 32.4 Å². The van der Waals surface area contributed by atoms with Gasteiger partial charge in [0.15, 0.2) is 5.11 Å². The molecule has 4 nitrogen and oxygen atoms in total. The molecular formula is C19H24ClFN3OS+. The minimum atomic E-state index is -0.309. The molecule has 0 unspecified atom stereocenters. The van der Waals surface area contributed by atoms with Crippen LogP contribution < -0.4 is 20.3 Å². The summed E-state index contributed by atoms with van der Waals surface area (Å²) in [5.74, 6) is 0.498. The molecule has 0 saturated carbocycles. The summed E-state index contributed by atoms with van der Waals surface area (Å²) in [6, 6.07) is 12.1. The Hall–Kier alpha value is -1.89. The molecule has 0 fully saturated rings. The molecule has 7 heteroatoms. The molecule has 0 bridgehead atoms. The van der Waals surface area contributed by atoms with Crippen LogP contribution >= 0.6 is 23.8 Å². The van der Waals surface area contributed by atoms with Crippen LogP contribution in [0.25, 0.3) is 0 Å². The van der Waals surface area contributed by atoms with Crippen LogP contribution in [0, 0.1) is 5.82 Å². The second kappa shape index (κ2) is 9.71. The first-order valence-corrected chi connectivity index (χ1v) is 9.22. The molecule has 26 heavy (non-hydrogen) atoms. The van der Waals surface area contributed by atoms with Gasteiger partial charge in [-0.05, 0) is 55.5 Å². The molecule has 2 rings (SSSR count). The maximum absolute atomic E-state index is 14.2. The minimum absolute atomic E-state index is 0.177. The van der Waals surface area contributed by atoms with Crippen molar-refractivity contribution in [2.24, 2.45) is 0 Å². The third kappa shape index (κ3) is 5.56. The van der Waals surface area contributed by atoms with Crippen molar-refractivity contribution in [3.63, 3.8) is 0 Å². The van der Waals surface area contributed by atoms with Gasteiger partial charge in [0.05, 0.1) is 37.8 Å². The fraction of sp³-hybridized carbons (Fsp3) is 0.316. The van der Waals surface area contributed by atoms with Gasteiger partial charge in [-0.25, -0.2) is 4.39 Å². The zero-order valence-electron chi connectivity index (χ0n) is 15.1. The summed E-state index contributed by atoms with van der Waals surface area (Å²) in [6.45, 7) is 3.02. The molecule has 0 aliphatic rings. The molecule has 2 aromatic rings. The van der Waals surface area contributed by atoms with Gasteiger partial charge in [-0.2, -0.15) is 0 Å². The normalized spacial score (nSPS) is 11.9. The Bertz CT molecular complexity index is 720. The van der Waals surface area contributed by atoms with E-state index in [1.165, 1.54) is 6.07 Å². The average molecular weight is 397 g/mol. The zero-order chi connectivity index (χ0) is 19.1. The summed E-state index contributed by atoms with van der Waals surface area (Å²) in [5.41, 5.74) is 1.34. The lowest BCUT2D eigenvalue weighted by Crippen LogP contribution is -3.07. The largest absolute Gasteiger partial charge is 0.494 e. The zero-order valence-corrected chi connectivity index (χ0v) is 16.7. The second-order valence-corrected chi connectivity index (χ2v) is 6.87. The fourth-order valence-electron chi connectivity index (χ4n) is 2.61. The predicted octanol–water partition coefficient (Wildman–Crippen LogP) is 3.05. The van der Waals surface area contributed by atoms with Crippen LogP contribution in [0.15, 0.2) is 42.5 Å². The molecule has 0 amide bonds. The van der Waals surface area contributed by atoms with E-state index in [9.17, 15) is 4.39 Å². The Morgan fingerprint density at radius 2 is 1.92 bits per heavy atom. The standard InChI is InChI=1S/C19H23ClFN3OS/c1-4-25-14-10-8-13(9-11-14)23-19(26)22-12-17(24(2)3)18-15(20)6-5-7-16(18)21/h5-11,17H,4,12H2,1-3H3,(H2,22,23,26)/p+1/t17-/m0/s1. The quantitative estimate of drug-likeness (QED) is 0.629. The topological polar surface area (TPSA) is 37.7 Å². The Morgan fingerprint density at radius 1 is 1.23 bits per heavy atom. The molecule has 2 aromatic carbocycles. The first-order valence-electron chi connectivity index (χ1n) is 8.44. The van der Waals surface area contributed by atoms with Crippen molar-refractivity contribution in [2.75, 3.05) is 32.6 Å². The smallest absolute Gasteiger partial charge is 0.171 e. The van der Waals surface area contributed by atoms with E-state index < -0.39 is 0 Å². The summed E-state index contributed by atoms with van der Waals surface area (Å²) in [4.78, 5) is 1.05. The van der Waals surface area contributed by atoms with E-state index >= 15 is 0 Å². The van der Waals surface area contributed by atoms with Gasteiger partial charge in [-0.3, -0.25) is 0 Å². The number of hydrogen-bond donors (Lipinski definition) is 3. The Balaban J connectivity index is 1.99. The van der Waals surface area contributed by atoms with Gasteiger partial charge in [0.2, 0.25) is 0 Å². The first kappa shape index (κ1) is 20.4. The van der Waals surface area contributed by atoms with Crippen LogP contribution in [0.4, 0.5) is 10.1 Å². The number of benzene rings is 2. The molecule has 0 saturated heterocycles. The third-order valence-corrected chi connectivity index (χ3v) is 4.51. The van der Waals surface area contributed by atoms with E-state index in [1.807, 2.05) is 45.3 Å². The number of halogens is 2. The summed E-state index contributed by atoms with van der Waals surface area (Å²) >= 11 is 11.6. The summed E-state index contributed by atoms with van der Waals surface area (Å²) in [5, 5.41) is 7.15. The van der Waals surface area contributed by atoms with Gasteiger partial charge in [0.25, 0.3) is 0 Å². The van der Waals surface area contributed by atoms with Crippen molar-refractivity contribution in [3.05, 3.63) is 58.9 Å². The predicted molar refractivity (Wildman–Crippen MR) is 109 cm³/mol. The fourth-order valence-corrected chi connectivity index (χ4v) is 3.11. The van der Waals surface area contributed by atoms with E-state index in [1.54, 1.807) is 12.1 Å². The number of quaternary nitrogens is 1. The van der Waals surface area contributed by atoms with Crippen molar-refractivity contribution in [3.8, 4) is 5.75 Å². The maximum atomic E-state index is 14.2. The van der Waals surface area contributed by atoms with Crippen molar-refractivity contribution in [1.82, 2.24) is 5.32 Å². The van der Waals surface area contributed by atoms with Crippen LogP contribution in [0.2, 0.25) is 5.02 Å². The Morgan fingerprint density at radius 3 is 2.50 bits per heavy atom. The molecule has 1 atom stereocenters. The molecule has 0 radical (unpaired) electrons. The van der Waals surface area contributed by atoms with Gasteiger partial charge in [0, 0.05) is 5.69 Å². The third-order valence-electron chi connectivity index (χ3n) is 3.94. The van der Waals surface area contributed by atoms with Gasteiger partial charge in [-0.1, -0.05) is 17.7 Å². The number of thiocarbonyl (C=S) groups is 1. The molecular weight excluding hydrogens is 373 g/mol.